The maximum atomic E-state index is 12.1. The Morgan fingerprint density at radius 3 is 1.44 bits per heavy atom. The third-order valence-corrected chi connectivity index (χ3v) is 10.9. The van der Waals surface area contributed by atoms with Crippen LogP contribution in [0.1, 0.15) is 226 Å². The molecule has 2 atom stereocenters. The third kappa shape index (κ3) is 41.9. The largest absolute Gasteiger partial charge is 0.472 e. The lowest BCUT2D eigenvalue weighted by Crippen LogP contribution is -2.27. The van der Waals surface area contributed by atoms with Crippen molar-refractivity contribution >= 4 is 19.7 Å². The summed E-state index contributed by atoms with van der Waals surface area (Å²) < 4.78 is 26.9. The molecular formula is C44H86NO8P. The van der Waals surface area contributed by atoms with Gasteiger partial charge in [0.15, 0.2) is 0 Å². The highest BCUT2D eigenvalue weighted by Crippen LogP contribution is 2.42. The number of unbranched alkanes of at least 4 members (excludes halogenated alkanes) is 28. The quantitative estimate of drug-likeness (QED) is 0.0241. The Morgan fingerprint density at radius 1 is 0.556 bits per heavy atom. The van der Waals surface area contributed by atoms with E-state index < -0.39 is 26.5 Å². The van der Waals surface area contributed by atoms with Crippen molar-refractivity contribution in [3.63, 3.8) is 0 Å². The van der Waals surface area contributed by atoms with Crippen LogP contribution in [0.3, 0.4) is 0 Å². The fourth-order valence-electron chi connectivity index (χ4n) is 6.48. The molecule has 320 valence electrons. The molecule has 10 heteroatoms. The molecule has 0 aromatic rings. The minimum absolute atomic E-state index is 0.0802. The number of aliphatic hydroxyl groups is 1. The van der Waals surface area contributed by atoms with Crippen LogP contribution in [-0.4, -0.2) is 54.3 Å². The zero-order chi connectivity index (χ0) is 39.6. The summed E-state index contributed by atoms with van der Waals surface area (Å²) in [5, 5.41) is 12.7. The number of nitrogens with one attached hydrogen (secondary N) is 1. The molecule has 54 heavy (non-hydrogen) atoms. The molecule has 0 bridgehead atoms. The lowest BCUT2D eigenvalue weighted by Gasteiger charge is -2.15. The molecule has 9 nitrogen and oxygen atoms in total. The van der Waals surface area contributed by atoms with Gasteiger partial charge in [0.25, 0.3) is 0 Å². The third-order valence-electron chi connectivity index (χ3n) is 9.95. The van der Waals surface area contributed by atoms with Crippen molar-refractivity contribution in [3.8, 4) is 0 Å². The number of hydrogen-bond acceptors (Lipinski definition) is 7. The normalized spacial score (nSPS) is 13.3. The van der Waals surface area contributed by atoms with E-state index in [1.165, 1.54) is 148 Å². The first-order valence-corrected chi connectivity index (χ1v) is 24.2. The highest BCUT2D eigenvalue weighted by atomic mass is 31.2. The van der Waals surface area contributed by atoms with Crippen molar-refractivity contribution in [1.82, 2.24) is 5.32 Å². The fourth-order valence-corrected chi connectivity index (χ4v) is 7.24. The summed E-state index contributed by atoms with van der Waals surface area (Å²) in [7, 11) is -4.41. The lowest BCUT2D eigenvalue weighted by molar-refractivity contribution is -0.147. The lowest BCUT2D eigenvalue weighted by atomic mass is 10.0. The van der Waals surface area contributed by atoms with E-state index in [2.05, 4.69) is 31.3 Å². The molecule has 1 amide bonds. The van der Waals surface area contributed by atoms with Gasteiger partial charge in [0.1, 0.15) is 12.7 Å². The fraction of sp³-hybridized carbons (Fsp3) is 0.909. The molecule has 0 radical (unpaired) electrons. The summed E-state index contributed by atoms with van der Waals surface area (Å²) in [4.78, 5) is 33.9. The van der Waals surface area contributed by atoms with E-state index in [-0.39, 0.29) is 32.1 Å². The number of rotatable bonds is 43. The van der Waals surface area contributed by atoms with Gasteiger partial charge < -0.3 is 20.1 Å². The second-order valence-corrected chi connectivity index (χ2v) is 16.8. The van der Waals surface area contributed by atoms with Gasteiger partial charge in [-0.25, -0.2) is 4.57 Å². The van der Waals surface area contributed by atoms with E-state index in [0.29, 0.717) is 6.42 Å². The number of esters is 1. The van der Waals surface area contributed by atoms with Crippen LogP contribution in [0.25, 0.3) is 0 Å². The number of phosphoric acid groups is 1. The number of carbonyl (C=O) groups is 2. The minimum atomic E-state index is -4.41. The molecule has 0 spiro atoms. The molecule has 0 heterocycles. The van der Waals surface area contributed by atoms with Crippen molar-refractivity contribution in [3.05, 3.63) is 12.2 Å². The topological polar surface area (TPSA) is 131 Å². The Morgan fingerprint density at radius 2 is 0.963 bits per heavy atom. The van der Waals surface area contributed by atoms with Crippen LogP contribution in [0.2, 0.25) is 0 Å². The van der Waals surface area contributed by atoms with E-state index in [1.54, 1.807) is 0 Å². The van der Waals surface area contributed by atoms with E-state index in [1.807, 2.05) is 0 Å². The Bertz CT molecular complexity index is 902. The van der Waals surface area contributed by atoms with E-state index in [0.717, 1.165) is 51.4 Å². The second kappa shape index (κ2) is 41.4. The number of hydrogen-bond donors (Lipinski definition) is 3. The van der Waals surface area contributed by atoms with Crippen molar-refractivity contribution in [2.24, 2.45) is 0 Å². The van der Waals surface area contributed by atoms with E-state index in [9.17, 15) is 24.2 Å². The highest BCUT2D eigenvalue weighted by Gasteiger charge is 2.23. The van der Waals surface area contributed by atoms with Crippen molar-refractivity contribution < 1.29 is 37.9 Å². The number of amides is 1. The van der Waals surface area contributed by atoms with Gasteiger partial charge in [0.05, 0.1) is 13.2 Å². The van der Waals surface area contributed by atoms with Crippen molar-refractivity contribution in [2.45, 2.75) is 232 Å². The number of allylic oxidation sites excluding steroid dienone is 2. The van der Waals surface area contributed by atoms with Crippen LogP contribution in [0, 0.1) is 0 Å². The molecule has 0 rings (SSSR count). The summed E-state index contributed by atoms with van der Waals surface area (Å²) in [5.41, 5.74) is 0. The molecule has 0 aliphatic rings. The van der Waals surface area contributed by atoms with Gasteiger partial charge in [-0.2, -0.15) is 0 Å². The Labute approximate surface area is 332 Å². The molecule has 3 N–H and O–H groups in total. The van der Waals surface area contributed by atoms with Crippen molar-refractivity contribution in [2.75, 3.05) is 26.4 Å². The van der Waals surface area contributed by atoms with Crippen LogP contribution < -0.4 is 5.32 Å². The first-order valence-electron chi connectivity index (χ1n) is 22.7. The van der Waals surface area contributed by atoms with Gasteiger partial charge in [-0.05, 0) is 32.1 Å². The molecule has 0 saturated carbocycles. The molecule has 0 aliphatic carbocycles. The first kappa shape index (κ1) is 52.8. The second-order valence-electron chi connectivity index (χ2n) is 15.4. The Hall–Kier alpha value is -1.25. The van der Waals surface area contributed by atoms with Crippen LogP contribution in [0.15, 0.2) is 12.2 Å². The number of aliphatic hydroxyl groups excluding tert-OH is 1. The van der Waals surface area contributed by atoms with Gasteiger partial charge in [0.2, 0.25) is 5.91 Å². The number of phosphoric ester groups is 1. The zero-order valence-corrected chi connectivity index (χ0v) is 36.1. The van der Waals surface area contributed by atoms with Crippen LogP contribution in [-0.2, 0) is 27.9 Å². The summed E-state index contributed by atoms with van der Waals surface area (Å²) in [5.74, 6) is -0.517. The first-order chi connectivity index (χ1) is 26.3. The Balaban J connectivity index is 3.52. The molecule has 0 aromatic heterocycles. The summed E-state index contributed by atoms with van der Waals surface area (Å²) in [6.45, 7) is 3.53. The molecule has 2 unspecified atom stereocenters. The van der Waals surface area contributed by atoms with E-state index >= 15 is 0 Å². The molecule has 0 fully saturated rings. The zero-order valence-electron chi connectivity index (χ0n) is 35.2. The van der Waals surface area contributed by atoms with Gasteiger partial charge in [0, 0.05) is 19.4 Å². The summed E-state index contributed by atoms with van der Waals surface area (Å²) in [6.07, 6.45) is 43.0. The van der Waals surface area contributed by atoms with Crippen LogP contribution in [0.4, 0.5) is 0 Å². The smallest absolute Gasteiger partial charge is 0.463 e. The predicted octanol–water partition coefficient (Wildman–Crippen LogP) is 12.6. The predicted molar refractivity (Wildman–Crippen MR) is 225 cm³/mol. The molecule has 0 aromatic carbocycles. The maximum absolute atomic E-state index is 12.1. The Kier molecular flexibility index (Phi) is 40.4. The number of ether oxygens (including phenoxy) is 1. The minimum Gasteiger partial charge on any atom is -0.463 e. The monoisotopic (exact) mass is 788 g/mol. The highest BCUT2D eigenvalue weighted by molar-refractivity contribution is 7.47. The van der Waals surface area contributed by atoms with E-state index in [4.69, 9.17) is 13.8 Å². The van der Waals surface area contributed by atoms with Gasteiger partial charge >= 0.3 is 13.8 Å². The van der Waals surface area contributed by atoms with Crippen molar-refractivity contribution in [1.29, 1.82) is 0 Å². The van der Waals surface area contributed by atoms with Crippen LogP contribution >= 0.6 is 7.82 Å². The summed E-state index contributed by atoms with van der Waals surface area (Å²) in [6, 6.07) is 0. The molecule has 0 saturated heterocycles. The molecular weight excluding hydrogens is 701 g/mol. The van der Waals surface area contributed by atoms with Gasteiger partial charge in [-0.15, -0.1) is 0 Å². The van der Waals surface area contributed by atoms with Gasteiger partial charge in [-0.1, -0.05) is 193 Å². The number of carbonyl (C=O) groups excluding carboxylic acids is 2. The van der Waals surface area contributed by atoms with Crippen LogP contribution in [0.5, 0.6) is 0 Å². The standard InChI is InChI=1S/C44H86NO8P/c1-3-5-7-9-11-13-15-16-17-18-19-20-21-22-23-24-25-27-29-31-33-35-37-44(48)51-40-42(46)41-53-54(49,50)52-39-38-45-43(47)36-34-32-30-28-26-14-12-10-8-6-4-2/h10,12,42,46H,3-9,11,13-41H2,1-2H3,(H,45,47)(H,49,50)/b12-10-. The average Bonchev–Trinajstić information content (AvgIpc) is 3.16. The molecule has 0 aliphatic heterocycles. The average molecular weight is 788 g/mol. The maximum Gasteiger partial charge on any atom is 0.472 e. The van der Waals surface area contributed by atoms with Gasteiger partial charge in [-0.3, -0.25) is 18.6 Å². The SMILES string of the molecule is CCCC/C=C\CCCCCCCC(=O)NCCOP(=O)(O)OCC(O)COC(=O)CCCCCCCCCCCCCCCCCCCCCCCC. The summed E-state index contributed by atoms with van der Waals surface area (Å²) >= 11 is 0.